The van der Waals surface area contributed by atoms with Crippen molar-refractivity contribution in [2.75, 3.05) is 6.16 Å². The van der Waals surface area contributed by atoms with E-state index in [0.717, 1.165) is 0 Å². The fraction of sp³-hybridized carbons (Fsp3) is 0.0638. The first-order chi connectivity index (χ1) is 34.9. The van der Waals surface area contributed by atoms with Crippen LogP contribution in [0.4, 0.5) is 114 Å². The third-order valence-corrected chi connectivity index (χ3v) is 15.7. The standard InChI is InChI=1S/C24BF20.C23H18F6P/c26-5-1(6(27)14(35)21(42)13(5)34)25(2-7(28)15(36)22(43)16(37)8(2)29,3-9(30)17(38)23(44)18(39)10(3)31)4-11(32)19(40)24(45)20(41)12(4)33;24-22(25,26)21(23(27,28)29)16-17-30(18-10-4-1-5-11-18,19-12-6-2-7-13-19)20-14-8-3-9-15-20/h;1-16H,17H2/q-1;+1. The summed E-state index contributed by atoms with van der Waals surface area (Å²) < 4.78 is 373. The van der Waals surface area contributed by atoms with Crippen molar-refractivity contribution in [2.45, 2.75) is 12.4 Å². The summed E-state index contributed by atoms with van der Waals surface area (Å²) in [5.41, 5.74) is -16.8. The number of allylic oxidation sites excluding steroid dienone is 2. The van der Waals surface area contributed by atoms with E-state index < -0.39 is 176 Å². The van der Waals surface area contributed by atoms with E-state index in [-0.39, 0.29) is 0 Å². The molecule has 396 valence electrons. The molecule has 0 unspecified atom stereocenters. The van der Waals surface area contributed by atoms with Gasteiger partial charge in [0.05, 0.1) is 6.16 Å². The first-order valence-electron chi connectivity index (χ1n) is 20.0. The van der Waals surface area contributed by atoms with Crippen LogP contribution in [0.5, 0.6) is 0 Å². The quantitative estimate of drug-likeness (QED) is 0.0337. The summed E-state index contributed by atoms with van der Waals surface area (Å²) in [7, 11) is -2.82. The maximum Gasteiger partial charge on any atom is 0.421 e. The second-order valence-corrected chi connectivity index (χ2v) is 18.9. The highest BCUT2D eigenvalue weighted by Crippen LogP contribution is 2.56. The second kappa shape index (κ2) is 20.9. The molecule has 0 fully saturated rings. The number of hydrogen-bond acceptors (Lipinski definition) is 0. The largest absolute Gasteiger partial charge is 0.421 e. The van der Waals surface area contributed by atoms with Gasteiger partial charge in [0.15, 0.2) is 69.8 Å². The minimum atomic E-state index is -7.22. The Kier molecular flexibility index (Phi) is 16.0. The summed E-state index contributed by atoms with van der Waals surface area (Å²) in [4.78, 5) is 0. The zero-order valence-electron chi connectivity index (χ0n) is 35.8. The predicted octanol–water partition coefficient (Wildman–Crippen LogP) is 11.9. The van der Waals surface area contributed by atoms with Gasteiger partial charge in [-0.1, -0.05) is 54.6 Å². The molecule has 0 saturated heterocycles. The first-order valence-corrected chi connectivity index (χ1v) is 22.0. The molecule has 0 nitrogen and oxygen atoms in total. The van der Waals surface area contributed by atoms with Crippen LogP contribution in [0, 0.1) is 116 Å². The van der Waals surface area contributed by atoms with E-state index in [9.17, 15) is 79.0 Å². The molecule has 0 N–H and O–H groups in total. The molecule has 0 saturated carbocycles. The Morgan fingerprint density at radius 1 is 0.293 bits per heavy atom. The van der Waals surface area contributed by atoms with Gasteiger partial charge in [-0.25, -0.2) is 87.8 Å². The maximum atomic E-state index is 15.4. The summed E-state index contributed by atoms with van der Waals surface area (Å²) in [6.07, 6.45) is -18.3. The molecule has 0 aromatic heterocycles. The van der Waals surface area contributed by atoms with Crippen molar-refractivity contribution in [3.8, 4) is 0 Å². The Bertz CT molecular complexity index is 2870. The lowest BCUT2D eigenvalue weighted by Gasteiger charge is -2.44. The van der Waals surface area contributed by atoms with E-state index in [1.165, 1.54) is 0 Å². The third-order valence-electron chi connectivity index (χ3n) is 11.5. The average molecular weight is 1120 g/mol. The van der Waals surface area contributed by atoms with Crippen molar-refractivity contribution in [3.63, 3.8) is 0 Å². The maximum absolute atomic E-state index is 15.4. The van der Waals surface area contributed by atoms with E-state index >= 15 is 35.1 Å². The van der Waals surface area contributed by atoms with Crippen molar-refractivity contribution in [3.05, 3.63) is 219 Å². The van der Waals surface area contributed by atoms with Gasteiger partial charge in [-0.3, -0.25) is 0 Å². The molecule has 0 spiro atoms. The Morgan fingerprint density at radius 2 is 0.467 bits per heavy atom. The molecular formula is C47H18BF26P. The molecule has 0 amide bonds. The van der Waals surface area contributed by atoms with Gasteiger partial charge in [0.2, 0.25) is 0 Å². The van der Waals surface area contributed by atoms with Gasteiger partial charge in [-0.15, -0.1) is 21.9 Å². The number of alkyl halides is 6. The molecule has 0 aliphatic carbocycles. The van der Waals surface area contributed by atoms with Gasteiger partial charge in [-0.2, -0.15) is 26.3 Å². The smallest absolute Gasteiger partial charge is 0.207 e. The molecular weight excluding hydrogens is 1100 g/mol. The second-order valence-electron chi connectivity index (χ2n) is 15.4. The minimum Gasteiger partial charge on any atom is -0.207 e. The van der Waals surface area contributed by atoms with E-state index in [0.29, 0.717) is 22.0 Å². The van der Waals surface area contributed by atoms with Crippen molar-refractivity contribution in [2.24, 2.45) is 0 Å². The molecule has 75 heavy (non-hydrogen) atoms. The van der Waals surface area contributed by atoms with Crippen LogP contribution in [-0.4, -0.2) is 24.7 Å². The molecule has 0 aliphatic rings. The number of rotatable bonds is 9. The van der Waals surface area contributed by atoms with E-state index in [4.69, 9.17) is 0 Å². The third kappa shape index (κ3) is 9.44. The summed E-state index contributed by atoms with van der Waals surface area (Å²) in [6, 6.07) is 26.4. The van der Waals surface area contributed by atoms with Gasteiger partial charge in [0, 0.05) is 0 Å². The van der Waals surface area contributed by atoms with E-state index in [2.05, 4.69) is 0 Å². The summed E-state index contributed by atoms with van der Waals surface area (Å²) >= 11 is 0. The number of halogens is 26. The van der Waals surface area contributed by atoms with E-state index in [1.807, 2.05) is 0 Å². The number of hydrogen-bond donors (Lipinski definition) is 0. The minimum absolute atomic E-state index is 0.320. The number of benzene rings is 7. The molecule has 28 heteroatoms. The molecule has 7 rings (SSSR count). The molecule has 0 heterocycles. The topological polar surface area (TPSA) is 0 Å². The van der Waals surface area contributed by atoms with E-state index in [1.54, 1.807) is 91.0 Å². The highest BCUT2D eigenvalue weighted by atomic mass is 31.2. The molecule has 0 atom stereocenters. The summed E-state index contributed by atoms with van der Waals surface area (Å²) in [5, 5.41) is 2.13. The van der Waals surface area contributed by atoms with Crippen molar-refractivity contribution in [1.29, 1.82) is 0 Å². The predicted molar refractivity (Wildman–Crippen MR) is 219 cm³/mol. The zero-order valence-corrected chi connectivity index (χ0v) is 36.7. The van der Waals surface area contributed by atoms with Gasteiger partial charge in [0.1, 0.15) is 81.4 Å². The van der Waals surface area contributed by atoms with Crippen LogP contribution in [0.2, 0.25) is 0 Å². The lowest BCUT2D eigenvalue weighted by molar-refractivity contribution is -0.172. The lowest BCUT2D eigenvalue weighted by Crippen LogP contribution is -2.81. The fourth-order valence-corrected chi connectivity index (χ4v) is 12.3. The van der Waals surface area contributed by atoms with Crippen LogP contribution >= 0.6 is 7.26 Å². The molecule has 0 radical (unpaired) electrons. The average Bonchev–Trinajstić information content (AvgIpc) is 3.37. The monoisotopic (exact) mass is 1120 g/mol. The van der Waals surface area contributed by atoms with Crippen LogP contribution in [0.15, 0.2) is 103 Å². The van der Waals surface area contributed by atoms with Crippen LogP contribution in [0.3, 0.4) is 0 Å². The summed E-state index contributed by atoms with van der Waals surface area (Å²) in [5.74, 6) is -71.4. The van der Waals surface area contributed by atoms with Crippen LogP contribution in [0.1, 0.15) is 0 Å². The zero-order chi connectivity index (χ0) is 56.2. The molecule has 0 bridgehead atoms. The van der Waals surface area contributed by atoms with Crippen molar-refractivity contribution < 1.29 is 114 Å². The SMILES string of the molecule is FC(F)(F)C(=CC[P+](c1ccccc1)(c1ccccc1)c1ccccc1)C(F)(F)F.Fc1c(F)c(F)c([B-](c2c(F)c(F)c(F)c(F)c2F)(c2c(F)c(F)c(F)c(F)c2F)c2c(F)c(F)c(F)c(F)c2F)c(F)c1F. The molecule has 7 aromatic carbocycles. The van der Waals surface area contributed by atoms with Crippen molar-refractivity contribution in [1.82, 2.24) is 0 Å². The van der Waals surface area contributed by atoms with Crippen molar-refractivity contribution >= 4 is 51.2 Å². The van der Waals surface area contributed by atoms with Crippen LogP contribution < -0.4 is 37.8 Å². The first kappa shape index (κ1) is 57.2. The Labute approximate surface area is 402 Å². The molecule has 0 aliphatic heterocycles. The molecule has 7 aromatic rings. The van der Waals surface area contributed by atoms with Gasteiger partial charge in [-0.05, 0) is 42.5 Å². The van der Waals surface area contributed by atoms with Crippen LogP contribution in [-0.2, 0) is 0 Å². The van der Waals surface area contributed by atoms with Crippen LogP contribution in [0.25, 0.3) is 0 Å². The normalized spacial score (nSPS) is 12.2. The highest BCUT2D eigenvalue weighted by molar-refractivity contribution is 7.95. The summed E-state index contributed by atoms with van der Waals surface area (Å²) in [6.45, 7) is 0. The van der Waals surface area contributed by atoms with Gasteiger partial charge >= 0.3 is 12.4 Å². The van der Waals surface area contributed by atoms with Gasteiger partial charge < -0.3 is 0 Å². The highest BCUT2D eigenvalue weighted by Gasteiger charge is 2.54. The van der Waals surface area contributed by atoms with Gasteiger partial charge in [0.25, 0.3) is 0 Å². The Balaban J connectivity index is 0.000000264. The Morgan fingerprint density at radius 3 is 0.640 bits per heavy atom. The fourth-order valence-electron chi connectivity index (χ4n) is 8.31. The lowest BCUT2D eigenvalue weighted by atomic mass is 9.12. The Hall–Kier alpha value is -7.05.